The molecule has 22 heavy (non-hydrogen) atoms. The normalized spacial score (nSPS) is 19.0. The number of carbonyl (C=O) groups is 1. The Bertz CT molecular complexity index is 472. The fourth-order valence-corrected chi connectivity index (χ4v) is 2.64. The van der Waals surface area contributed by atoms with E-state index in [0.717, 1.165) is 37.9 Å². The minimum atomic E-state index is -0.265. The van der Waals surface area contributed by atoms with Crippen molar-refractivity contribution in [1.82, 2.24) is 10.2 Å². The second-order valence-electron chi connectivity index (χ2n) is 6.05. The molecule has 0 aromatic heterocycles. The summed E-state index contributed by atoms with van der Waals surface area (Å²) in [6.45, 7) is 3.34. The number of carbonyl (C=O) groups excluding carboxylic acids is 1. The monoisotopic (exact) mass is 308 g/mol. The Kier molecular flexibility index (Phi) is 6.19. The van der Waals surface area contributed by atoms with Gasteiger partial charge in [-0.05, 0) is 50.3 Å². The van der Waals surface area contributed by atoms with Gasteiger partial charge in [0.2, 0.25) is 0 Å². The molecular formula is C17H25FN2O2. The van der Waals surface area contributed by atoms with Gasteiger partial charge in [0, 0.05) is 26.2 Å². The second kappa shape index (κ2) is 8.13. The molecule has 1 fully saturated rings. The zero-order chi connectivity index (χ0) is 15.9. The Labute approximate surface area is 131 Å². The fourth-order valence-electron chi connectivity index (χ4n) is 2.64. The average Bonchev–Trinajstić information content (AvgIpc) is 3.01. The third-order valence-corrected chi connectivity index (χ3v) is 4.00. The highest BCUT2D eigenvalue weighted by atomic mass is 19.1. The van der Waals surface area contributed by atoms with Crippen LogP contribution in [0.4, 0.5) is 9.18 Å². The second-order valence-corrected chi connectivity index (χ2v) is 6.05. The molecule has 0 bridgehead atoms. The van der Waals surface area contributed by atoms with Gasteiger partial charge in [0.15, 0.2) is 0 Å². The highest BCUT2D eigenvalue weighted by Gasteiger charge is 2.18. The van der Waals surface area contributed by atoms with Crippen molar-refractivity contribution in [3.63, 3.8) is 0 Å². The van der Waals surface area contributed by atoms with Crippen LogP contribution in [0, 0.1) is 5.82 Å². The molecule has 2 rings (SSSR count). The van der Waals surface area contributed by atoms with Gasteiger partial charge < -0.3 is 15.0 Å². The van der Waals surface area contributed by atoms with Crippen LogP contribution in [-0.2, 0) is 11.3 Å². The lowest BCUT2D eigenvalue weighted by molar-refractivity contribution is 0.1000. The summed E-state index contributed by atoms with van der Waals surface area (Å²) < 4.78 is 18.5. The molecule has 1 saturated heterocycles. The lowest BCUT2D eigenvalue weighted by Gasteiger charge is -2.22. The number of hydrogen-bond donors (Lipinski definition) is 1. The van der Waals surface area contributed by atoms with Crippen LogP contribution in [-0.4, -0.2) is 36.7 Å². The van der Waals surface area contributed by atoms with Crippen LogP contribution < -0.4 is 5.32 Å². The molecule has 0 spiro atoms. The average molecular weight is 308 g/mol. The highest BCUT2D eigenvalue weighted by molar-refractivity contribution is 5.74. The van der Waals surface area contributed by atoms with Gasteiger partial charge >= 0.3 is 6.03 Å². The Morgan fingerprint density at radius 1 is 1.45 bits per heavy atom. The van der Waals surface area contributed by atoms with Crippen LogP contribution in [0.5, 0.6) is 0 Å². The number of hydrogen-bond acceptors (Lipinski definition) is 2. The summed E-state index contributed by atoms with van der Waals surface area (Å²) in [4.78, 5) is 13.7. The largest absolute Gasteiger partial charge is 0.378 e. The summed E-state index contributed by atoms with van der Waals surface area (Å²) in [5.41, 5.74) is 0.908. The van der Waals surface area contributed by atoms with Gasteiger partial charge in [0.25, 0.3) is 0 Å². The van der Waals surface area contributed by atoms with Crippen LogP contribution in [0.2, 0.25) is 0 Å². The minimum absolute atomic E-state index is 0.107. The Morgan fingerprint density at radius 3 is 2.82 bits per heavy atom. The zero-order valence-corrected chi connectivity index (χ0v) is 13.3. The Morgan fingerprint density at radius 2 is 2.18 bits per heavy atom. The van der Waals surface area contributed by atoms with E-state index in [-0.39, 0.29) is 17.9 Å². The highest BCUT2D eigenvalue weighted by Crippen LogP contribution is 2.17. The third kappa shape index (κ3) is 5.30. The van der Waals surface area contributed by atoms with Gasteiger partial charge in [-0.1, -0.05) is 12.1 Å². The summed E-state index contributed by atoms with van der Waals surface area (Å²) in [6, 6.07) is 6.22. The fraction of sp³-hybridized carbons (Fsp3) is 0.588. The van der Waals surface area contributed by atoms with E-state index >= 15 is 0 Å². The van der Waals surface area contributed by atoms with Gasteiger partial charge in [-0.2, -0.15) is 0 Å². The molecule has 1 aromatic carbocycles. The van der Waals surface area contributed by atoms with E-state index in [4.69, 9.17) is 4.74 Å². The Hall–Kier alpha value is -1.62. The van der Waals surface area contributed by atoms with E-state index in [0.29, 0.717) is 12.6 Å². The number of amides is 2. The molecule has 5 heteroatoms. The molecule has 2 atom stereocenters. The van der Waals surface area contributed by atoms with Crippen LogP contribution in [0.25, 0.3) is 0 Å². The number of nitrogens with zero attached hydrogens (tertiary/aromatic N) is 1. The Balaban J connectivity index is 1.71. The van der Waals surface area contributed by atoms with Gasteiger partial charge in [-0.3, -0.25) is 0 Å². The van der Waals surface area contributed by atoms with Gasteiger partial charge in [0.05, 0.1) is 6.10 Å². The molecule has 122 valence electrons. The van der Waals surface area contributed by atoms with Crippen LogP contribution in [0.1, 0.15) is 38.2 Å². The van der Waals surface area contributed by atoms with Crippen molar-refractivity contribution >= 4 is 6.03 Å². The SMILES string of the molecule is CC(CCC1CCCO1)NC(=O)N(C)Cc1ccc(F)cc1. The molecule has 4 nitrogen and oxygen atoms in total. The summed E-state index contributed by atoms with van der Waals surface area (Å²) in [7, 11) is 1.74. The number of benzene rings is 1. The van der Waals surface area contributed by atoms with E-state index in [1.54, 1.807) is 24.1 Å². The van der Waals surface area contributed by atoms with Crippen molar-refractivity contribution < 1.29 is 13.9 Å². The topological polar surface area (TPSA) is 41.6 Å². The molecule has 1 aliphatic heterocycles. The molecular weight excluding hydrogens is 283 g/mol. The summed E-state index contributed by atoms with van der Waals surface area (Å²) in [6.07, 6.45) is 4.54. The summed E-state index contributed by atoms with van der Waals surface area (Å²) >= 11 is 0. The minimum Gasteiger partial charge on any atom is -0.378 e. The first-order chi connectivity index (χ1) is 10.5. The van der Waals surface area contributed by atoms with Gasteiger partial charge in [0.1, 0.15) is 5.82 Å². The van der Waals surface area contributed by atoms with Crippen molar-refractivity contribution in [2.24, 2.45) is 0 Å². The predicted molar refractivity (Wildman–Crippen MR) is 84.1 cm³/mol. The van der Waals surface area contributed by atoms with E-state index in [2.05, 4.69) is 5.32 Å². The van der Waals surface area contributed by atoms with Crippen LogP contribution >= 0.6 is 0 Å². The van der Waals surface area contributed by atoms with E-state index < -0.39 is 0 Å². The molecule has 0 aliphatic carbocycles. The third-order valence-electron chi connectivity index (χ3n) is 4.00. The first kappa shape index (κ1) is 16.7. The molecule has 1 N–H and O–H groups in total. The van der Waals surface area contributed by atoms with E-state index in [1.165, 1.54) is 12.1 Å². The lowest BCUT2D eigenvalue weighted by Crippen LogP contribution is -2.41. The van der Waals surface area contributed by atoms with Crippen LogP contribution in [0.15, 0.2) is 24.3 Å². The first-order valence-electron chi connectivity index (χ1n) is 7.92. The van der Waals surface area contributed by atoms with Crippen molar-refractivity contribution in [3.8, 4) is 0 Å². The standard InChI is InChI=1S/C17H25FN2O2/c1-13(5-10-16-4-3-11-22-16)19-17(21)20(2)12-14-6-8-15(18)9-7-14/h6-9,13,16H,3-5,10-12H2,1-2H3,(H,19,21). The maximum Gasteiger partial charge on any atom is 0.317 e. The molecule has 2 amide bonds. The maximum atomic E-state index is 12.9. The molecule has 0 saturated carbocycles. The van der Waals surface area contributed by atoms with E-state index in [9.17, 15) is 9.18 Å². The molecule has 1 aliphatic rings. The summed E-state index contributed by atoms with van der Waals surface area (Å²) in [5.74, 6) is -0.265. The predicted octanol–water partition coefficient (Wildman–Crippen LogP) is 3.31. The van der Waals surface area contributed by atoms with Crippen molar-refractivity contribution in [3.05, 3.63) is 35.6 Å². The number of halogens is 1. The van der Waals surface area contributed by atoms with Crippen molar-refractivity contribution in [2.45, 2.75) is 51.3 Å². The van der Waals surface area contributed by atoms with Crippen molar-refractivity contribution in [2.75, 3.05) is 13.7 Å². The number of nitrogens with one attached hydrogen (secondary N) is 1. The number of ether oxygens (including phenoxy) is 1. The zero-order valence-electron chi connectivity index (χ0n) is 13.3. The molecule has 0 radical (unpaired) electrons. The molecule has 1 heterocycles. The lowest BCUT2D eigenvalue weighted by atomic mass is 10.1. The van der Waals surface area contributed by atoms with E-state index in [1.807, 2.05) is 6.92 Å². The van der Waals surface area contributed by atoms with Gasteiger partial charge in [-0.15, -0.1) is 0 Å². The quantitative estimate of drug-likeness (QED) is 0.876. The summed E-state index contributed by atoms with van der Waals surface area (Å²) in [5, 5.41) is 2.99. The van der Waals surface area contributed by atoms with Crippen molar-refractivity contribution in [1.29, 1.82) is 0 Å². The number of urea groups is 1. The maximum absolute atomic E-state index is 12.9. The molecule has 2 unspecified atom stereocenters. The van der Waals surface area contributed by atoms with Crippen LogP contribution in [0.3, 0.4) is 0 Å². The molecule has 1 aromatic rings. The smallest absolute Gasteiger partial charge is 0.317 e. The van der Waals surface area contributed by atoms with Gasteiger partial charge in [-0.25, -0.2) is 9.18 Å². The first-order valence-corrected chi connectivity index (χ1v) is 7.92. The number of rotatable bonds is 6.